The molecule has 0 unspecified atom stereocenters. The summed E-state index contributed by atoms with van der Waals surface area (Å²) in [6, 6.07) is 4.99. The number of primary sulfonamides is 1. The highest BCUT2D eigenvalue weighted by molar-refractivity contribution is 7.89. The molecule has 0 saturated heterocycles. The maximum atomic E-state index is 11.4. The molecular formula is C12H15N3O2S2. The van der Waals surface area contributed by atoms with E-state index >= 15 is 0 Å². The number of thiazole rings is 1. The third-order valence-electron chi connectivity index (χ3n) is 2.72. The average molecular weight is 297 g/mol. The monoisotopic (exact) mass is 297 g/mol. The van der Waals surface area contributed by atoms with Crippen molar-refractivity contribution in [3.05, 3.63) is 39.8 Å². The Morgan fingerprint density at radius 3 is 2.68 bits per heavy atom. The van der Waals surface area contributed by atoms with Gasteiger partial charge >= 0.3 is 0 Å². The van der Waals surface area contributed by atoms with Crippen molar-refractivity contribution in [1.29, 1.82) is 0 Å². The van der Waals surface area contributed by atoms with Crippen molar-refractivity contribution in [2.24, 2.45) is 5.14 Å². The lowest BCUT2D eigenvalue weighted by molar-refractivity contribution is 0.597. The number of nitrogens with one attached hydrogen (secondary N) is 1. The standard InChI is InChI=1S/C12H15N3O2S2/c1-8-11(4-3-5-12(8)19(13,16)17)14-6-10-7-18-9(2)15-10/h3-5,7,14H,6H2,1-2H3,(H2,13,16,17). The molecule has 1 heterocycles. The van der Waals surface area contributed by atoms with Crippen LogP contribution in [0.5, 0.6) is 0 Å². The topological polar surface area (TPSA) is 85.1 Å². The number of rotatable bonds is 4. The number of aryl methyl sites for hydroxylation is 1. The molecule has 2 aromatic rings. The summed E-state index contributed by atoms with van der Waals surface area (Å²) in [6.45, 7) is 4.23. The van der Waals surface area contributed by atoms with Crippen molar-refractivity contribution in [2.45, 2.75) is 25.3 Å². The first kappa shape index (κ1) is 14.0. The molecule has 1 aromatic heterocycles. The molecule has 0 aliphatic carbocycles. The van der Waals surface area contributed by atoms with Gasteiger partial charge in [-0.3, -0.25) is 0 Å². The first-order valence-electron chi connectivity index (χ1n) is 5.65. The Balaban J connectivity index is 2.22. The van der Waals surface area contributed by atoms with Crippen molar-refractivity contribution in [3.63, 3.8) is 0 Å². The SMILES string of the molecule is Cc1nc(CNc2cccc(S(N)(=O)=O)c2C)cs1. The summed E-state index contributed by atoms with van der Waals surface area (Å²) in [5.41, 5.74) is 2.30. The molecule has 0 aliphatic heterocycles. The van der Waals surface area contributed by atoms with E-state index in [0.717, 1.165) is 16.4 Å². The van der Waals surface area contributed by atoms with Gasteiger partial charge in [-0.05, 0) is 31.5 Å². The molecule has 7 heteroatoms. The average Bonchev–Trinajstić information content (AvgIpc) is 2.72. The summed E-state index contributed by atoms with van der Waals surface area (Å²) in [5.74, 6) is 0. The van der Waals surface area contributed by atoms with Crippen LogP contribution in [0.15, 0.2) is 28.5 Å². The van der Waals surface area contributed by atoms with Crippen LogP contribution in [0, 0.1) is 13.8 Å². The van der Waals surface area contributed by atoms with Gasteiger partial charge in [0, 0.05) is 11.1 Å². The zero-order valence-corrected chi connectivity index (χ0v) is 12.3. The van der Waals surface area contributed by atoms with E-state index in [1.165, 1.54) is 6.07 Å². The molecule has 0 fully saturated rings. The Morgan fingerprint density at radius 2 is 2.11 bits per heavy atom. The van der Waals surface area contributed by atoms with Gasteiger partial charge in [0.2, 0.25) is 10.0 Å². The van der Waals surface area contributed by atoms with Crippen molar-refractivity contribution < 1.29 is 8.42 Å². The largest absolute Gasteiger partial charge is 0.379 e. The summed E-state index contributed by atoms with van der Waals surface area (Å²) >= 11 is 1.58. The molecule has 0 atom stereocenters. The summed E-state index contributed by atoms with van der Waals surface area (Å²) < 4.78 is 22.8. The molecule has 0 radical (unpaired) electrons. The number of benzene rings is 1. The van der Waals surface area contributed by atoms with E-state index in [2.05, 4.69) is 10.3 Å². The summed E-state index contributed by atoms with van der Waals surface area (Å²) in [6.07, 6.45) is 0. The van der Waals surface area contributed by atoms with Crippen LogP contribution >= 0.6 is 11.3 Å². The van der Waals surface area contributed by atoms with Gasteiger partial charge in [-0.15, -0.1) is 11.3 Å². The molecule has 102 valence electrons. The fourth-order valence-electron chi connectivity index (χ4n) is 1.79. The van der Waals surface area contributed by atoms with Crippen molar-refractivity contribution in [1.82, 2.24) is 4.98 Å². The normalized spacial score (nSPS) is 11.5. The lowest BCUT2D eigenvalue weighted by atomic mass is 10.2. The van der Waals surface area contributed by atoms with E-state index < -0.39 is 10.0 Å². The Bertz CT molecular complexity index is 693. The van der Waals surface area contributed by atoms with Crippen LogP contribution < -0.4 is 10.5 Å². The first-order valence-corrected chi connectivity index (χ1v) is 8.08. The molecule has 0 amide bonds. The smallest absolute Gasteiger partial charge is 0.238 e. The van der Waals surface area contributed by atoms with Crippen LogP contribution in [0.25, 0.3) is 0 Å². The lowest BCUT2D eigenvalue weighted by Gasteiger charge is -2.11. The predicted molar refractivity (Wildman–Crippen MR) is 76.7 cm³/mol. The van der Waals surface area contributed by atoms with Crippen molar-refractivity contribution in [3.8, 4) is 0 Å². The number of sulfonamides is 1. The summed E-state index contributed by atoms with van der Waals surface area (Å²) in [4.78, 5) is 4.49. The molecule has 3 N–H and O–H groups in total. The van der Waals surface area contributed by atoms with E-state index in [1.807, 2.05) is 18.4 Å². The van der Waals surface area contributed by atoms with Crippen molar-refractivity contribution >= 4 is 27.0 Å². The number of nitrogens with two attached hydrogens (primary N) is 1. The number of aromatic nitrogens is 1. The molecule has 0 bridgehead atoms. The lowest BCUT2D eigenvalue weighted by Crippen LogP contribution is -2.14. The molecule has 5 nitrogen and oxygen atoms in total. The van der Waals surface area contributed by atoms with Crippen LogP contribution in [0.3, 0.4) is 0 Å². The van der Waals surface area contributed by atoms with Gasteiger partial charge in [-0.2, -0.15) is 0 Å². The van der Waals surface area contributed by atoms with Crippen LogP contribution in [-0.4, -0.2) is 13.4 Å². The van der Waals surface area contributed by atoms with Crippen LogP contribution in [0.4, 0.5) is 5.69 Å². The van der Waals surface area contributed by atoms with Crippen LogP contribution in [-0.2, 0) is 16.6 Å². The van der Waals surface area contributed by atoms with E-state index in [1.54, 1.807) is 24.3 Å². The summed E-state index contributed by atoms with van der Waals surface area (Å²) in [7, 11) is -3.69. The highest BCUT2D eigenvalue weighted by atomic mass is 32.2. The number of hydrogen-bond donors (Lipinski definition) is 2. The Kier molecular flexibility index (Phi) is 3.88. The van der Waals surface area contributed by atoms with Gasteiger partial charge in [0.05, 0.1) is 22.1 Å². The third-order valence-corrected chi connectivity index (χ3v) is 4.59. The molecule has 2 rings (SSSR count). The Hall–Kier alpha value is -1.44. The van der Waals surface area contributed by atoms with E-state index in [9.17, 15) is 8.42 Å². The predicted octanol–water partition coefficient (Wildman–Crippen LogP) is 2.02. The zero-order chi connectivity index (χ0) is 14.0. The fraction of sp³-hybridized carbons (Fsp3) is 0.250. The van der Waals surface area contributed by atoms with Gasteiger partial charge in [-0.25, -0.2) is 18.5 Å². The zero-order valence-electron chi connectivity index (χ0n) is 10.7. The molecular weight excluding hydrogens is 282 g/mol. The minimum atomic E-state index is -3.69. The molecule has 0 aliphatic rings. The van der Waals surface area contributed by atoms with E-state index in [-0.39, 0.29) is 4.90 Å². The number of anilines is 1. The fourth-order valence-corrected chi connectivity index (χ4v) is 3.21. The minimum Gasteiger partial charge on any atom is -0.379 e. The Morgan fingerprint density at radius 1 is 1.37 bits per heavy atom. The highest BCUT2D eigenvalue weighted by Gasteiger charge is 2.13. The quantitative estimate of drug-likeness (QED) is 0.904. The Labute approximate surface area is 116 Å². The van der Waals surface area contributed by atoms with Crippen LogP contribution in [0.2, 0.25) is 0 Å². The molecule has 0 spiro atoms. The summed E-state index contributed by atoms with van der Waals surface area (Å²) in [5, 5.41) is 11.3. The number of nitrogens with zero attached hydrogens (tertiary/aromatic N) is 1. The molecule has 19 heavy (non-hydrogen) atoms. The first-order chi connectivity index (χ1) is 8.88. The van der Waals surface area contributed by atoms with Crippen molar-refractivity contribution in [2.75, 3.05) is 5.32 Å². The second-order valence-electron chi connectivity index (χ2n) is 4.19. The number of hydrogen-bond acceptors (Lipinski definition) is 5. The van der Waals surface area contributed by atoms with Gasteiger partial charge in [-0.1, -0.05) is 6.07 Å². The van der Waals surface area contributed by atoms with Crippen LogP contribution in [0.1, 0.15) is 16.3 Å². The van der Waals surface area contributed by atoms with E-state index in [0.29, 0.717) is 12.1 Å². The second-order valence-corrected chi connectivity index (χ2v) is 6.78. The minimum absolute atomic E-state index is 0.145. The third kappa shape index (κ3) is 3.31. The highest BCUT2D eigenvalue weighted by Crippen LogP contribution is 2.22. The molecule has 0 saturated carbocycles. The van der Waals surface area contributed by atoms with E-state index in [4.69, 9.17) is 5.14 Å². The van der Waals surface area contributed by atoms with Gasteiger partial charge in [0.15, 0.2) is 0 Å². The second kappa shape index (κ2) is 5.28. The maximum Gasteiger partial charge on any atom is 0.238 e. The van der Waals surface area contributed by atoms with Gasteiger partial charge < -0.3 is 5.32 Å². The van der Waals surface area contributed by atoms with Gasteiger partial charge in [0.1, 0.15) is 0 Å². The van der Waals surface area contributed by atoms with Gasteiger partial charge in [0.25, 0.3) is 0 Å². The maximum absolute atomic E-state index is 11.4. The molecule has 1 aromatic carbocycles.